The predicted molar refractivity (Wildman–Crippen MR) is 140 cm³/mol. The number of ether oxygens (including phenoxy) is 3. The molecule has 1 fully saturated rings. The molecule has 0 radical (unpaired) electrons. The summed E-state index contributed by atoms with van der Waals surface area (Å²) >= 11 is 0. The summed E-state index contributed by atoms with van der Waals surface area (Å²) in [7, 11) is 3.40. The summed E-state index contributed by atoms with van der Waals surface area (Å²) < 4.78 is 18.7. The number of aromatic nitrogens is 1. The summed E-state index contributed by atoms with van der Waals surface area (Å²) in [6.45, 7) is 10.6. The van der Waals surface area contributed by atoms with E-state index >= 15 is 0 Å². The van der Waals surface area contributed by atoms with Gasteiger partial charge in [-0.1, -0.05) is 6.07 Å². The lowest BCUT2D eigenvalue weighted by Crippen LogP contribution is -2.52. The van der Waals surface area contributed by atoms with Crippen LogP contribution in [-0.4, -0.2) is 74.6 Å². The fourth-order valence-electron chi connectivity index (χ4n) is 4.79. The Morgan fingerprint density at radius 3 is 2.59 bits per heavy atom. The molecule has 2 aromatic rings. The van der Waals surface area contributed by atoms with Gasteiger partial charge in [-0.25, -0.2) is 0 Å². The molecule has 0 bridgehead atoms. The van der Waals surface area contributed by atoms with Gasteiger partial charge in [0.25, 0.3) is 5.91 Å². The fourth-order valence-corrected chi connectivity index (χ4v) is 4.79. The minimum atomic E-state index is 0. The number of aryl methyl sites for hydroxylation is 2. The zero-order chi connectivity index (χ0) is 23.8. The van der Waals surface area contributed by atoms with Crippen molar-refractivity contribution >= 4 is 29.2 Å². The van der Waals surface area contributed by atoms with Crippen LogP contribution in [-0.2, 0) is 16.0 Å². The standard InChI is InChI=1S/C26H41N3O4.ClH/c1-19(2)29(21-9-8-12-27-18-21)26(30)23-17-22-20(3)10-11-24(33-16-15-32-5)25(22)28(23)13-6-7-14-31-4;/h10-11,17,19,21,27H,6-9,12-16,18H2,1-5H3;1H/t21-;/m1./s1. The van der Waals surface area contributed by atoms with E-state index in [9.17, 15) is 4.79 Å². The minimum absolute atomic E-state index is 0. The number of piperidine rings is 1. The molecule has 34 heavy (non-hydrogen) atoms. The lowest BCUT2D eigenvalue weighted by Gasteiger charge is -2.37. The van der Waals surface area contributed by atoms with Crippen LogP contribution in [0.5, 0.6) is 5.75 Å². The molecule has 3 rings (SSSR count). The number of benzene rings is 1. The molecule has 0 unspecified atom stereocenters. The Bertz CT molecular complexity index is 909. The molecule has 1 aromatic carbocycles. The van der Waals surface area contributed by atoms with E-state index in [0.717, 1.165) is 73.2 Å². The normalized spacial score (nSPS) is 16.0. The van der Waals surface area contributed by atoms with Crippen LogP contribution < -0.4 is 10.1 Å². The van der Waals surface area contributed by atoms with Crippen molar-refractivity contribution in [1.29, 1.82) is 0 Å². The fraction of sp³-hybridized carbons (Fsp3) is 0.654. The Hall–Kier alpha value is -1.80. The molecule has 1 aliphatic rings. The number of rotatable bonds is 12. The zero-order valence-electron chi connectivity index (χ0n) is 21.4. The number of fused-ring (bicyclic) bond motifs is 1. The second-order valence-electron chi connectivity index (χ2n) is 9.17. The number of methoxy groups -OCH3 is 2. The first-order valence-corrected chi connectivity index (χ1v) is 12.3. The number of nitrogens with zero attached hydrogens (tertiary/aromatic N) is 2. The molecular weight excluding hydrogens is 454 g/mol. The highest BCUT2D eigenvalue weighted by Crippen LogP contribution is 2.33. The molecule has 0 aliphatic carbocycles. The first kappa shape index (κ1) is 28.4. The van der Waals surface area contributed by atoms with Gasteiger partial charge in [0.2, 0.25) is 0 Å². The quantitative estimate of drug-likeness (QED) is 0.441. The van der Waals surface area contributed by atoms with E-state index in [1.54, 1.807) is 14.2 Å². The second kappa shape index (κ2) is 13.9. The van der Waals surface area contributed by atoms with E-state index < -0.39 is 0 Å². The molecule has 1 amide bonds. The number of amides is 1. The SMILES string of the molecule is COCCCCn1c(C(=O)N(C(C)C)[C@@H]2CCCNC2)cc2c(C)ccc(OCCOC)c21.Cl. The smallest absolute Gasteiger partial charge is 0.271 e. The minimum Gasteiger partial charge on any atom is -0.489 e. The lowest BCUT2D eigenvalue weighted by molar-refractivity contribution is 0.0562. The van der Waals surface area contributed by atoms with Crippen molar-refractivity contribution in [3.8, 4) is 5.75 Å². The molecule has 2 heterocycles. The monoisotopic (exact) mass is 495 g/mol. The van der Waals surface area contributed by atoms with Crippen molar-refractivity contribution in [3.63, 3.8) is 0 Å². The summed E-state index contributed by atoms with van der Waals surface area (Å²) in [5, 5.41) is 4.54. The number of unbranched alkanes of at least 4 members (excludes halogenated alkanes) is 1. The van der Waals surface area contributed by atoms with Crippen molar-refractivity contribution in [3.05, 3.63) is 29.5 Å². The Morgan fingerprint density at radius 2 is 1.94 bits per heavy atom. The van der Waals surface area contributed by atoms with Crippen LogP contribution in [0.1, 0.15) is 55.6 Å². The van der Waals surface area contributed by atoms with Crippen LogP contribution in [0.4, 0.5) is 0 Å². The third-order valence-electron chi connectivity index (χ3n) is 6.44. The third-order valence-corrected chi connectivity index (χ3v) is 6.44. The summed E-state index contributed by atoms with van der Waals surface area (Å²) in [6.07, 6.45) is 4.00. The number of carbonyl (C=O) groups is 1. The summed E-state index contributed by atoms with van der Waals surface area (Å²) in [6, 6.07) is 6.49. The van der Waals surface area contributed by atoms with E-state index in [0.29, 0.717) is 19.8 Å². The van der Waals surface area contributed by atoms with E-state index in [1.807, 2.05) is 6.07 Å². The van der Waals surface area contributed by atoms with Gasteiger partial charge in [-0.2, -0.15) is 0 Å². The second-order valence-corrected chi connectivity index (χ2v) is 9.17. The van der Waals surface area contributed by atoms with Gasteiger partial charge in [0.15, 0.2) is 0 Å². The highest BCUT2D eigenvalue weighted by molar-refractivity contribution is 6.01. The van der Waals surface area contributed by atoms with E-state index in [2.05, 4.69) is 47.7 Å². The van der Waals surface area contributed by atoms with Crippen LogP contribution in [0.15, 0.2) is 18.2 Å². The van der Waals surface area contributed by atoms with E-state index in [4.69, 9.17) is 14.2 Å². The van der Waals surface area contributed by atoms with Crippen molar-refractivity contribution in [2.75, 3.05) is 47.1 Å². The van der Waals surface area contributed by atoms with Crippen LogP contribution in [0.3, 0.4) is 0 Å². The maximum Gasteiger partial charge on any atom is 0.271 e. The van der Waals surface area contributed by atoms with Crippen molar-refractivity contribution in [1.82, 2.24) is 14.8 Å². The maximum atomic E-state index is 14.0. The molecule has 1 aromatic heterocycles. The van der Waals surface area contributed by atoms with Gasteiger partial charge < -0.3 is 29.0 Å². The number of carbonyl (C=O) groups excluding carboxylic acids is 1. The topological polar surface area (TPSA) is 65.0 Å². The molecule has 7 nitrogen and oxygen atoms in total. The number of hydrogen-bond acceptors (Lipinski definition) is 5. The Kier molecular flexibility index (Phi) is 11.6. The number of nitrogens with one attached hydrogen (secondary N) is 1. The van der Waals surface area contributed by atoms with Crippen molar-refractivity contribution in [2.45, 2.75) is 65.1 Å². The summed E-state index contributed by atoms with van der Waals surface area (Å²) in [5.41, 5.74) is 2.88. The molecule has 1 N–H and O–H groups in total. The molecule has 1 atom stereocenters. The maximum absolute atomic E-state index is 14.0. The number of halogens is 1. The van der Waals surface area contributed by atoms with E-state index in [1.165, 1.54) is 0 Å². The van der Waals surface area contributed by atoms with Gasteiger partial charge in [-0.15, -0.1) is 12.4 Å². The molecule has 0 saturated carbocycles. The van der Waals surface area contributed by atoms with Gasteiger partial charge in [-0.05, 0) is 70.7 Å². The average molecular weight is 496 g/mol. The molecule has 1 saturated heterocycles. The zero-order valence-corrected chi connectivity index (χ0v) is 22.2. The van der Waals surface area contributed by atoms with Crippen LogP contribution in [0.25, 0.3) is 10.9 Å². The van der Waals surface area contributed by atoms with Gasteiger partial charge >= 0.3 is 0 Å². The van der Waals surface area contributed by atoms with E-state index in [-0.39, 0.29) is 30.4 Å². The lowest BCUT2D eigenvalue weighted by atomic mass is 10.0. The molecule has 1 aliphatic heterocycles. The van der Waals surface area contributed by atoms with Crippen LogP contribution in [0, 0.1) is 6.92 Å². The Balaban J connectivity index is 0.00000408. The summed E-state index contributed by atoms with van der Waals surface area (Å²) in [5.74, 6) is 0.901. The van der Waals surface area contributed by atoms with Crippen LogP contribution >= 0.6 is 12.4 Å². The Labute approximate surface area is 210 Å². The first-order chi connectivity index (χ1) is 16.0. The van der Waals surface area contributed by atoms with Crippen molar-refractivity contribution in [2.24, 2.45) is 0 Å². The predicted octanol–water partition coefficient (Wildman–Crippen LogP) is 4.43. The molecule has 192 valence electrons. The molecule has 8 heteroatoms. The Morgan fingerprint density at radius 1 is 1.18 bits per heavy atom. The van der Waals surface area contributed by atoms with Crippen molar-refractivity contribution < 1.29 is 19.0 Å². The van der Waals surface area contributed by atoms with Gasteiger partial charge in [-0.3, -0.25) is 4.79 Å². The van der Waals surface area contributed by atoms with Gasteiger partial charge in [0.05, 0.1) is 12.1 Å². The average Bonchev–Trinajstić information content (AvgIpc) is 3.19. The highest BCUT2D eigenvalue weighted by Gasteiger charge is 2.31. The van der Waals surface area contributed by atoms with Gasteiger partial charge in [0, 0.05) is 51.4 Å². The third kappa shape index (κ3) is 6.66. The highest BCUT2D eigenvalue weighted by atomic mass is 35.5. The summed E-state index contributed by atoms with van der Waals surface area (Å²) in [4.78, 5) is 16.1. The van der Waals surface area contributed by atoms with Gasteiger partial charge in [0.1, 0.15) is 18.1 Å². The first-order valence-electron chi connectivity index (χ1n) is 12.3. The molecule has 0 spiro atoms. The number of hydrogen-bond donors (Lipinski definition) is 1. The largest absolute Gasteiger partial charge is 0.489 e. The molecular formula is C26H42ClN3O4. The van der Waals surface area contributed by atoms with Crippen LogP contribution in [0.2, 0.25) is 0 Å².